The van der Waals surface area contributed by atoms with Gasteiger partial charge in [0.15, 0.2) is 5.76 Å². The van der Waals surface area contributed by atoms with E-state index in [9.17, 15) is 0 Å². The smallest absolute Gasteiger partial charge is 0.223 e. The molecule has 0 bridgehead atoms. The lowest BCUT2D eigenvalue weighted by Crippen LogP contribution is -2.36. The molecule has 4 rings (SSSR count). The predicted molar refractivity (Wildman–Crippen MR) is 106 cm³/mol. The second kappa shape index (κ2) is 8.31. The average Bonchev–Trinajstić information content (AvgIpc) is 3.25. The largest absolute Gasteiger partial charge is 0.463 e. The molecule has 3 aromatic heterocycles. The Hall–Kier alpha value is -2.73. The summed E-state index contributed by atoms with van der Waals surface area (Å²) in [6.45, 7) is 6.55. The number of rotatable bonds is 6. The van der Waals surface area contributed by atoms with Crippen molar-refractivity contribution < 1.29 is 4.42 Å². The molecule has 0 aliphatic carbocycles. The zero-order valence-corrected chi connectivity index (χ0v) is 15.6. The predicted octanol–water partition coefficient (Wildman–Crippen LogP) is 3.94. The van der Waals surface area contributed by atoms with Gasteiger partial charge in [0.1, 0.15) is 5.69 Å². The molecule has 1 fully saturated rings. The van der Waals surface area contributed by atoms with Crippen molar-refractivity contribution in [1.29, 1.82) is 0 Å². The van der Waals surface area contributed by atoms with Crippen molar-refractivity contribution >= 4 is 5.95 Å². The van der Waals surface area contributed by atoms with Crippen LogP contribution in [0.2, 0.25) is 0 Å². The van der Waals surface area contributed by atoms with E-state index < -0.39 is 0 Å². The van der Waals surface area contributed by atoms with E-state index >= 15 is 0 Å². The van der Waals surface area contributed by atoms with E-state index in [1.54, 1.807) is 18.7 Å². The van der Waals surface area contributed by atoms with Gasteiger partial charge >= 0.3 is 0 Å². The standard InChI is InChI=1S/C21H25N5O/c1-16-6-11-26(12-7-16)13-10-23-21-24-15-18(17-4-8-22-9-5-17)20(25-21)19-3-2-14-27-19/h2-5,8-9,14-16H,6-7,10-13H2,1H3,(H,23,24,25). The molecule has 27 heavy (non-hydrogen) atoms. The Morgan fingerprint density at radius 1 is 1.19 bits per heavy atom. The molecule has 1 aliphatic heterocycles. The molecule has 0 spiro atoms. The Bertz CT molecular complexity index is 842. The molecule has 1 aliphatic rings. The lowest BCUT2D eigenvalue weighted by molar-refractivity contribution is 0.199. The summed E-state index contributed by atoms with van der Waals surface area (Å²) >= 11 is 0. The minimum absolute atomic E-state index is 0.629. The van der Waals surface area contributed by atoms with Gasteiger partial charge in [-0.3, -0.25) is 4.98 Å². The topological polar surface area (TPSA) is 67.1 Å². The molecule has 1 N–H and O–H groups in total. The number of nitrogens with one attached hydrogen (secondary N) is 1. The van der Waals surface area contributed by atoms with Crippen LogP contribution in [0.4, 0.5) is 5.95 Å². The van der Waals surface area contributed by atoms with E-state index in [0.717, 1.165) is 41.6 Å². The van der Waals surface area contributed by atoms with Gasteiger partial charge in [0, 0.05) is 37.2 Å². The van der Waals surface area contributed by atoms with Crippen molar-refractivity contribution in [1.82, 2.24) is 19.9 Å². The maximum atomic E-state index is 5.60. The first-order valence-electron chi connectivity index (χ1n) is 9.57. The fourth-order valence-electron chi connectivity index (χ4n) is 3.42. The number of likely N-dealkylation sites (tertiary alicyclic amines) is 1. The first-order valence-corrected chi connectivity index (χ1v) is 9.57. The first-order chi connectivity index (χ1) is 13.3. The lowest BCUT2D eigenvalue weighted by Gasteiger charge is -2.30. The molecule has 0 aromatic carbocycles. The van der Waals surface area contributed by atoms with Crippen LogP contribution in [0.25, 0.3) is 22.6 Å². The fraction of sp³-hybridized carbons (Fsp3) is 0.381. The Morgan fingerprint density at radius 3 is 2.74 bits per heavy atom. The number of hydrogen-bond donors (Lipinski definition) is 1. The Morgan fingerprint density at radius 2 is 2.00 bits per heavy atom. The summed E-state index contributed by atoms with van der Waals surface area (Å²) in [6.07, 6.45) is 9.64. The molecule has 0 radical (unpaired) electrons. The van der Waals surface area contributed by atoms with Gasteiger partial charge in [-0.1, -0.05) is 6.92 Å². The molecule has 140 valence electrons. The van der Waals surface area contributed by atoms with Gasteiger partial charge in [-0.15, -0.1) is 0 Å². The van der Waals surface area contributed by atoms with Gasteiger partial charge in [0.25, 0.3) is 0 Å². The van der Waals surface area contributed by atoms with Crippen molar-refractivity contribution in [2.75, 3.05) is 31.5 Å². The fourth-order valence-corrected chi connectivity index (χ4v) is 3.42. The Kier molecular flexibility index (Phi) is 5.44. The van der Waals surface area contributed by atoms with E-state index in [2.05, 4.69) is 27.1 Å². The van der Waals surface area contributed by atoms with Gasteiger partial charge < -0.3 is 14.6 Å². The zero-order valence-electron chi connectivity index (χ0n) is 15.6. The van der Waals surface area contributed by atoms with E-state index in [4.69, 9.17) is 9.40 Å². The molecular weight excluding hydrogens is 338 g/mol. The maximum absolute atomic E-state index is 5.60. The number of furan rings is 1. The molecule has 3 aromatic rings. The number of nitrogens with zero attached hydrogens (tertiary/aromatic N) is 4. The molecule has 0 saturated carbocycles. The first kappa shape index (κ1) is 17.7. The van der Waals surface area contributed by atoms with Crippen molar-refractivity contribution in [2.24, 2.45) is 5.92 Å². The van der Waals surface area contributed by atoms with Crippen molar-refractivity contribution in [3.63, 3.8) is 0 Å². The third-order valence-corrected chi connectivity index (χ3v) is 5.12. The minimum atomic E-state index is 0.629. The maximum Gasteiger partial charge on any atom is 0.223 e. The highest BCUT2D eigenvalue weighted by Crippen LogP contribution is 2.30. The Balaban J connectivity index is 1.49. The van der Waals surface area contributed by atoms with Crippen LogP contribution in [-0.2, 0) is 0 Å². The van der Waals surface area contributed by atoms with Gasteiger partial charge in [0.05, 0.1) is 6.26 Å². The second-order valence-electron chi connectivity index (χ2n) is 7.12. The average molecular weight is 363 g/mol. The van der Waals surface area contributed by atoms with Gasteiger partial charge in [-0.05, 0) is 61.7 Å². The van der Waals surface area contributed by atoms with Crippen LogP contribution in [0.15, 0.2) is 53.5 Å². The summed E-state index contributed by atoms with van der Waals surface area (Å²) in [5, 5.41) is 3.37. The number of anilines is 1. The molecule has 6 heteroatoms. The molecule has 0 atom stereocenters. The van der Waals surface area contributed by atoms with Crippen LogP contribution in [0.3, 0.4) is 0 Å². The number of hydrogen-bond acceptors (Lipinski definition) is 6. The summed E-state index contributed by atoms with van der Waals surface area (Å²) in [6, 6.07) is 7.70. The van der Waals surface area contributed by atoms with Gasteiger partial charge in [-0.2, -0.15) is 0 Å². The van der Waals surface area contributed by atoms with Crippen LogP contribution in [0.1, 0.15) is 19.8 Å². The monoisotopic (exact) mass is 363 g/mol. The third kappa shape index (κ3) is 4.34. The summed E-state index contributed by atoms with van der Waals surface area (Å²) in [7, 11) is 0. The van der Waals surface area contributed by atoms with Crippen molar-refractivity contribution in [3.8, 4) is 22.6 Å². The summed E-state index contributed by atoms with van der Waals surface area (Å²) in [5.41, 5.74) is 2.74. The molecule has 1 saturated heterocycles. The molecular formula is C21H25N5O. The van der Waals surface area contributed by atoms with Gasteiger partial charge in [0.2, 0.25) is 5.95 Å². The van der Waals surface area contributed by atoms with Gasteiger partial charge in [-0.25, -0.2) is 9.97 Å². The SMILES string of the molecule is CC1CCN(CCNc2ncc(-c3ccncc3)c(-c3ccco3)n2)CC1. The Labute approximate surface area is 159 Å². The highest BCUT2D eigenvalue weighted by molar-refractivity contribution is 5.78. The molecule has 6 nitrogen and oxygen atoms in total. The van der Waals surface area contributed by atoms with Crippen LogP contribution < -0.4 is 5.32 Å². The van der Waals surface area contributed by atoms with Crippen molar-refractivity contribution in [3.05, 3.63) is 49.1 Å². The number of piperidine rings is 1. The molecule has 4 heterocycles. The van der Waals surface area contributed by atoms with E-state index in [1.807, 2.05) is 30.5 Å². The number of pyridine rings is 1. The van der Waals surface area contributed by atoms with Crippen LogP contribution in [-0.4, -0.2) is 46.0 Å². The van der Waals surface area contributed by atoms with Crippen LogP contribution >= 0.6 is 0 Å². The molecule has 0 amide bonds. The quantitative estimate of drug-likeness (QED) is 0.715. The highest BCUT2D eigenvalue weighted by Gasteiger charge is 2.16. The summed E-state index contributed by atoms with van der Waals surface area (Å²) in [5.74, 6) is 2.22. The normalized spacial score (nSPS) is 15.7. The van der Waals surface area contributed by atoms with Crippen LogP contribution in [0, 0.1) is 5.92 Å². The van der Waals surface area contributed by atoms with Crippen molar-refractivity contribution in [2.45, 2.75) is 19.8 Å². The molecule has 0 unspecified atom stereocenters. The third-order valence-electron chi connectivity index (χ3n) is 5.12. The van der Waals surface area contributed by atoms with Crippen LogP contribution in [0.5, 0.6) is 0 Å². The minimum Gasteiger partial charge on any atom is -0.463 e. The second-order valence-corrected chi connectivity index (χ2v) is 7.12. The van der Waals surface area contributed by atoms with E-state index in [-0.39, 0.29) is 0 Å². The summed E-state index contributed by atoms with van der Waals surface area (Å²) < 4.78 is 5.60. The summed E-state index contributed by atoms with van der Waals surface area (Å²) in [4.78, 5) is 15.8. The lowest BCUT2D eigenvalue weighted by atomic mass is 9.99. The zero-order chi connectivity index (χ0) is 18.5. The number of aromatic nitrogens is 3. The van der Waals surface area contributed by atoms with E-state index in [1.165, 1.54) is 25.9 Å². The highest BCUT2D eigenvalue weighted by atomic mass is 16.3. The van der Waals surface area contributed by atoms with E-state index in [0.29, 0.717) is 5.95 Å².